The number of hydrogen-bond acceptors (Lipinski definition) is 3. The van der Waals surface area contributed by atoms with E-state index in [-0.39, 0.29) is 12.2 Å². The number of benzene rings is 1. The Morgan fingerprint density at radius 1 is 1.47 bits per heavy atom. The maximum absolute atomic E-state index is 11.4. The van der Waals surface area contributed by atoms with Gasteiger partial charge in [0.1, 0.15) is 5.57 Å². The van der Waals surface area contributed by atoms with Crippen molar-refractivity contribution in [2.24, 2.45) is 0 Å². The molecule has 0 spiro atoms. The third-order valence-corrected chi connectivity index (χ3v) is 2.03. The highest BCUT2D eigenvalue weighted by Crippen LogP contribution is 2.18. The number of halogens is 1. The second kappa shape index (κ2) is 5.41. The van der Waals surface area contributed by atoms with Crippen LogP contribution in [-0.2, 0) is 9.53 Å². The second-order valence-electron chi connectivity index (χ2n) is 2.77. The molecule has 0 saturated heterocycles. The summed E-state index contributed by atoms with van der Waals surface area (Å²) in [5.41, 5.74) is 0.689. The molecule has 0 aliphatic rings. The molecule has 0 aliphatic carbocycles. The van der Waals surface area contributed by atoms with Gasteiger partial charge in [-0.05, 0) is 24.6 Å². The molecular formula is C11H11ClO3. The molecule has 0 aromatic heterocycles. The molecule has 0 bridgehead atoms. The Balaban J connectivity index is 2.94. The van der Waals surface area contributed by atoms with Crippen LogP contribution in [0.4, 0.5) is 0 Å². The maximum Gasteiger partial charge on any atom is 0.341 e. The number of hydrogen-bond donors (Lipinski definition) is 1. The molecule has 1 aromatic carbocycles. The van der Waals surface area contributed by atoms with Crippen LogP contribution < -0.4 is 0 Å². The Labute approximate surface area is 92.9 Å². The minimum atomic E-state index is -0.553. The zero-order valence-corrected chi connectivity index (χ0v) is 8.99. The van der Waals surface area contributed by atoms with Crippen LogP contribution in [-0.4, -0.2) is 17.7 Å². The van der Waals surface area contributed by atoms with Gasteiger partial charge in [0.15, 0.2) is 0 Å². The molecule has 0 heterocycles. The van der Waals surface area contributed by atoms with E-state index in [1.54, 1.807) is 31.2 Å². The van der Waals surface area contributed by atoms with Gasteiger partial charge in [-0.2, -0.15) is 0 Å². The lowest BCUT2D eigenvalue weighted by atomic mass is 10.1. The average molecular weight is 227 g/mol. The van der Waals surface area contributed by atoms with Crippen molar-refractivity contribution >= 4 is 23.1 Å². The van der Waals surface area contributed by atoms with Gasteiger partial charge in [0, 0.05) is 5.02 Å². The van der Waals surface area contributed by atoms with Crippen molar-refractivity contribution < 1.29 is 14.6 Å². The van der Waals surface area contributed by atoms with Crippen molar-refractivity contribution in [3.8, 4) is 0 Å². The molecule has 1 aromatic rings. The predicted octanol–water partition coefficient (Wildman–Crippen LogP) is 2.80. The normalized spacial score (nSPS) is 11.2. The standard InChI is InChI=1S/C11H11ClO3/c1-2-15-11(14)10(7-13)8-3-5-9(12)6-4-8/h3-7,13H,2H2,1H3/b10-7+. The van der Waals surface area contributed by atoms with Gasteiger partial charge in [-0.1, -0.05) is 23.7 Å². The van der Waals surface area contributed by atoms with E-state index in [4.69, 9.17) is 21.4 Å². The first kappa shape index (κ1) is 11.6. The Bertz CT molecular complexity index is 368. The lowest BCUT2D eigenvalue weighted by molar-refractivity contribution is -0.136. The molecule has 0 amide bonds. The van der Waals surface area contributed by atoms with Crippen molar-refractivity contribution in [1.82, 2.24) is 0 Å². The van der Waals surface area contributed by atoms with E-state index in [0.717, 1.165) is 6.26 Å². The largest absolute Gasteiger partial charge is 0.515 e. The monoisotopic (exact) mass is 226 g/mol. The second-order valence-corrected chi connectivity index (χ2v) is 3.21. The summed E-state index contributed by atoms with van der Waals surface area (Å²) in [6, 6.07) is 6.56. The molecule has 80 valence electrons. The van der Waals surface area contributed by atoms with Crippen molar-refractivity contribution in [3.63, 3.8) is 0 Å². The molecule has 0 unspecified atom stereocenters. The van der Waals surface area contributed by atoms with Crippen LogP contribution in [0, 0.1) is 0 Å². The van der Waals surface area contributed by atoms with E-state index in [1.165, 1.54) is 0 Å². The molecular weight excluding hydrogens is 216 g/mol. The first-order chi connectivity index (χ1) is 7.19. The molecule has 15 heavy (non-hydrogen) atoms. The van der Waals surface area contributed by atoms with E-state index in [1.807, 2.05) is 0 Å². The molecule has 0 atom stereocenters. The van der Waals surface area contributed by atoms with Crippen molar-refractivity contribution in [1.29, 1.82) is 0 Å². The summed E-state index contributed by atoms with van der Waals surface area (Å²) in [7, 11) is 0. The van der Waals surface area contributed by atoms with E-state index in [2.05, 4.69) is 0 Å². The number of aliphatic hydroxyl groups is 1. The van der Waals surface area contributed by atoms with Gasteiger partial charge in [-0.3, -0.25) is 0 Å². The fourth-order valence-corrected chi connectivity index (χ4v) is 1.21. The average Bonchev–Trinajstić information content (AvgIpc) is 2.22. The SMILES string of the molecule is CCOC(=O)/C(=C/O)c1ccc(Cl)cc1. The minimum absolute atomic E-state index is 0.119. The summed E-state index contributed by atoms with van der Waals surface area (Å²) < 4.78 is 4.78. The summed E-state index contributed by atoms with van der Waals surface area (Å²) in [6.45, 7) is 1.97. The highest BCUT2D eigenvalue weighted by molar-refractivity contribution is 6.30. The van der Waals surface area contributed by atoms with Gasteiger partial charge >= 0.3 is 5.97 Å². The lowest BCUT2D eigenvalue weighted by Gasteiger charge is -2.05. The van der Waals surface area contributed by atoms with Gasteiger partial charge in [0.25, 0.3) is 0 Å². The summed E-state index contributed by atoms with van der Waals surface area (Å²) in [5.74, 6) is -0.553. The van der Waals surface area contributed by atoms with Gasteiger partial charge in [0.2, 0.25) is 0 Å². The molecule has 1 N–H and O–H groups in total. The fraction of sp³-hybridized carbons (Fsp3) is 0.182. The molecule has 0 fully saturated rings. The first-order valence-corrected chi connectivity index (χ1v) is 4.84. The molecule has 4 heteroatoms. The number of ether oxygens (including phenoxy) is 1. The van der Waals surface area contributed by atoms with Crippen molar-refractivity contribution in [2.75, 3.05) is 6.61 Å². The highest BCUT2D eigenvalue weighted by Gasteiger charge is 2.12. The van der Waals surface area contributed by atoms with Crippen LogP contribution >= 0.6 is 11.6 Å². The molecule has 1 rings (SSSR count). The summed E-state index contributed by atoms with van der Waals surface area (Å²) in [5, 5.41) is 9.52. The van der Waals surface area contributed by atoms with Gasteiger partial charge in [0.05, 0.1) is 12.9 Å². The fourth-order valence-electron chi connectivity index (χ4n) is 1.08. The molecule has 0 saturated carbocycles. The van der Waals surface area contributed by atoms with E-state index in [9.17, 15) is 4.79 Å². The number of esters is 1. The number of carbonyl (C=O) groups excluding carboxylic acids is 1. The number of carbonyl (C=O) groups is 1. The molecule has 0 radical (unpaired) electrons. The third kappa shape index (κ3) is 2.99. The molecule has 3 nitrogen and oxygen atoms in total. The Kier molecular flexibility index (Phi) is 4.18. The lowest BCUT2D eigenvalue weighted by Crippen LogP contribution is -2.06. The Morgan fingerprint density at radius 2 is 2.07 bits per heavy atom. The Morgan fingerprint density at radius 3 is 2.53 bits per heavy atom. The zero-order chi connectivity index (χ0) is 11.3. The molecule has 0 aliphatic heterocycles. The zero-order valence-electron chi connectivity index (χ0n) is 8.24. The van der Waals surface area contributed by atoms with Gasteiger partial charge in [-0.25, -0.2) is 4.79 Å². The van der Waals surface area contributed by atoms with Gasteiger partial charge in [-0.15, -0.1) is 0 Å². The first-order valence-electron chi connectivity index (χ1n) is 4.46. The van der Waals surface area contributed by atoms with Crippen molar-refractivity contribution in [2.45, 2.75) is 6.92 Å². The summed E-state index contributed by atoms with van der Waals surface area (Å²) in [6.07, 6.45) is 0.737. The van der Waals surface area contributed by atoms with Crippen LogP contribution in [0.3, 0.4) is 0 Å². The number of aliphatic hydroxyl groups excluding tert-OH is 1. The topological polar surface area (TPSA) is 46.5 Å². The van der Waals surface area contributed by atoms with Crippen LogP contribution in [0.5, 0.6) is 0 Å². The van der Waals surface area contributed by atoms with E-state index in [0.29, 0.717) is 10.6 Å². The predicted molar refractivity (Wildman–Crippen MR) is 58.7 cm³/mol. The van der Waals surface area contributed by atoms with Crippen LogP contribution in [0.2, 0.25) is 5.02 Å². The minimum Gasteiger partial charge on any atom is -0.515 e. The smallest absolute Gasteiger partial charge is 0.341 e. The van der Waals surface area contributed by atoms with Gasteiger partial charge < -0.3 is 9.84 Å². The van der Waals surface area contributed by atoms with Crippen LogP contribution in [0.25, 0.3) is 5.57 Å². The van der Waals surface area contributed by atoms with E-state index >= 15 is 0 Å². The maximum atomic E-state index is 11.4. The van der Waals surface area contributed by atoms with E-state index < -0.39 is 5.97 Å². The van der Waals surface area contributed by atoms with Crippen LogP contribution in [0.1, 0.15) is 12.5 Å². The Hall–Kier alpha value is -1.48. The quantitative estimate of drug-likeness (QED) is 0.490. The van der Waals surface area contributed by atoms with Crippen LogP contribution in [0.15, 0.2) is 30.5 Å². The summed E-state index contributed by atoms with van der Waals surface area (Å²) >= 11 is 5.70. The van der Waals surface area contributed by atoms with Crippen molar-refractivity contribution in [3.05, 3.63) is 41.1 Å². The number of rotatable bonds is 3. The third-order valence-electron chi connectivity index (χ3n) is 1.78. The summed E-state index contributed by atoms with van der Waals surface area (Å²) in [4.78, 5) is 11.4. The highest BCUT2D eigenvalue weighted by atomic mass is 35.5.